The molecule has 4 aromatic rings. The van der Waals surface area contributed by atoms with Gasteiger partial charge < -0.3 is 9.15 Å². The summed E-state index contributed by atoms with van der Waals surface area (Å²) >= 11 is 0. The highest BCUT2D eigenvalue weighted by Gasteiger charge is 2.15. The molecule has 2 heterocycles. The van der Waals surface area contributed by atoms with Gasteiger partial charge in [0, 0.05) is 23.2 Å². The zero-order chi connectivity index (χ0) is 20.2. The van der Waals surface area contributed by atoms with E-state index in [4.69, 9.17) is 9.15 Å². The molecule has 0 radical (unpaired) electrons. The van der Waals surface area contributed by atoms with Gasteiger partial charge in [0.05, 0.1) is 5.69 Å². The van der Waals surface area contributed by atoms with Crippen molar-refractivity contribution in [3.8, 4) is 17.1 Å². The minimum absolute atomic E-state index is 0.216. The van der Waals surface area contributed by atoms with E-state index in [9.17, 15) is 9.59 Å². The second-order valence-corrected chi connectivity index (χ2v) is 6.50. The first-order chi connectivity index (χ1) is 14.1. The van der Waals surface area contributed by atoms with Crippen molar-refractivity contribution in [2.24, 2.45) is 0 Å². The number of fused-ring (bicyclic) bond motifs is 1. The summed E-state index contributed by atoms with van der Waals surface area (Å²) in [4.78, 5) is 22.9. The van der Waals surface area contributed by atoms with Gasteiger partial charge in [-0.3, -0.25) is 4.79 Å². The minimum Gasteiger partial charge on any atom is -0.455 e. The molecule has 0 aliphatic rings. The highest BCUT2D eigenvalue weighted by Crippen LogP contribution is 2.30. The number of para-hydroxylation sites is 2. The summed E-state index contributed by atoms with van der Waals surface area (Å²) in [5.74, 6) is -0.215. The lowest BCUT2D eigenvalue weighted by Gasteiger charge is -1.98. The van der Waals surface area contributed by atoms with Crippen LogP contribution in [0.1, 0.15) is 12.5 Å². The quantitative estimate of drug-likeness (QED) is 0.362. The molecule has 0 amide bonds. The van der Waals surface area contributed by atoms with Gasteiger partial charge in [0.1, 0.15) is 17.9 Å². The summed E-state index contributed by atoms with van der Waals surface area (Å²) in [6.07, 6.45) is 4.70. The standard InChI is InChI=1S/C23H18N2O4/c1-16(26)15-28-22(27)12-11-18-14-25(19-8-3-2-4-9-19)24-23(18)21-13-17-7-5-6-10-20(17)29-21/h2-14H,15H2,1H3. The zero-order valence-electron chi connectivity index (χ0n) is 15.7. The Balaban J connectivity index is 1.73. The van der Waals surface area contributed by atoms with E-state index in [0.29, 0.717) is 17.0 Å². The van der Waals surface area contributed by atoms with Crippen LogP contribution in [-0.4, -0.2) is 28.1 Å². The Hall–Kier alpha value is -3.93. The second kappa shape index (κ2) is 7.98. The van der Waals surface area contributed by atoms with Gasteiger partial charge in [0.15, 0.2) is 11.5 Å². The molecule has 2 aromatic carbocycles. The van der Waals surface area contributed by atoms with E-state index in [-0.39, 0.29) is 12.4 Å². The van der Waals surface area contributed by atoms with Crippen molar-refractivity contribution in [3.05, 3.63) is 78.5 Å². The van der Waals surface area contributed by atoms with Crippen molar-refractivity contribution in [1.82, 2.24) is 9.78 Å². The fraction of sp³-hybridized carbons (Fsp3) is 0.0870. The van der Waals surface area contributed by atoms with Crippen LogP contribution < -0.4 is 0 Å². The summed E-state index contributed by atoms with van der Waals surface area (Å²) in [6, 6.07) is 19.3. The average molecular weight is 386 g/mol. The monoisotopic (exact) mass is 386 g/mol. The predicted octanol–water partition coefficient (Wildman–Crippen LogP) is 4.43. The van der Waals surface area contributed by atoms with E-state index in [0.717, 1.165) is 16.7 Å². The molecule has 6 nitrogen and oxygen atoms in total. The van der Waals surface area contributed by atoms with Crippen LogP contribution in [0.25, 0.3) is 34.2 Å². The number of ether oxygens (including phenoxy) is 1. The molecule has 144 valence electrons. The Labute approximate surface area is 167 Å². The Kier molecular flexibility index (Phi) is 5.07. The number of hydrogen-bond acceptors (Lipinski definition) is 5. The molecule has 0 aliphatic heterocycles. The summed E-state index contributed by atoms with van der Waals surface area (Å²) in [6.45, 7) is 1.11. The highest BCUT2D eigenvalue weighted by atomic mass is 16.5. The van der Waals surface area contributed by atoms with Crippen LogP contribution in [-0.2, 0) is 14.3 Å². The molecular weight excluding hydrogens is 368 g/mol. The number of carbonyl (C=O) groups excluding carboxylic acids is 2. The Morgan fingerprint density at radius 3 is 2.62 bits per heavy atom. The zero-order valence-corrected chi connectivity index (χ0v) is 15.7. The molecule has 6 heteroatoms. The SMILES string of the molecule is CC(=O)COC(=O)C=Cc1cn(-c2ccccc2)nc1-c1cc2ccccc2o1. The number of rotatable bonds is 6. The average Bonchev–Trinajstić information content (AvgIpc) is 3.35. The third-order valence-corrected chi connectivity index (χ3v) is 4.24. The van der Waals surface area contributed by atoms with E-state index in [2.05, 4.69) is 5.10 Å². The molecule has 0 saturated heterocycles. The first-order valence-corrected chi connectivity index (χ1v) is 9.08. The summed E-state index contributed by atoms with van der Waals surface area (Å²) < 4.78 is 12.6. The second-order valence-electron chi connectivity index (χ2n) is 6.50. The Morgan fingerprint density at radius 1 is 1.10 bits per heavy atom. The summed E-state index contributed by atoms with van der Waals surface area (Å²) in [7, 11) is 0. The van der Waals surface area contributed by atoms with E-state index in [1.54, 1.807) is 10.8 Å². The lowest BCUT2D eigenvalue weighted by molar-refractivity contribution is -0.142. The summed E-state index contributed by atoms with van der Waals surface area (Å²) in [5, 5.41) is 5.63. The van der Waals surface area contributed by atoms with Gasteiger partial charge in [-0.2, -0.15) is 5.10 Å². The Morgan fingerprint density at radius 2 is 1.86 bits per heavy atom. The smallest absolute Gasteiger partial charge is 0.331 e. The maximum Gasteiger partial charge on any atom is 0.331 e. The highest BCUT2D eigenvalue weighted by molar-refractivity contribution is 5.91. The molecule has 29 heavy (non-hydrogen) atoms. The number of aromatic nitrogens is 2. The fourth-order valence-corrected chi connectivity index (χ4v) is 2.89. The molecule has 0 N–H and O–H groups in total. The van der Waals surface area contributed by atoms with E-state index in [1.807, 2.05) is 66.9 Å². The van der Waals surface area contributed by atoms with E-state index >= 15 is 0 Å². The number of carbonyl (C=O) groups is 2. The van der Waals surface area contributed by atoms with Gasteiger partial charge in [-0.1, -0.05) is 36.4 Å². The molecular formula is C23H18N2O4. The van der Waals surface area contributed by atoms with Crippen LogP contribution in [0.3, 0.4) is 0 Å². The van der Waals surface area contributed by atoms with Crippen LogP contribution in [0, 0.1) is 0 Å². The van der Waals surface area contributed by atoms with Gasteiger partial charge in [-0.15, -0.1) is 0 Å². The maximum atomic E-state index is 11.9. The van der Waals surface area contributed by atoms with Gasteiger partial charge in [-0.25, -0.2) is 9.48 Å². The lowest BCUT2D eigenvalue weighted by Crippen LogP contribution is -2.08. The van der Waals surface area contributed by atoms with Crippen LogP contribution in [0.4, 0.5) is 0 Å². The van der Waals surface area contributed by atoms with Gasteiger partial charge in [0.25, 0.3) is 0 Å². The topological polar surface area (TPSA) is 74.3 Å². The molecule has 0 unspecified atom stereocenters. The normalized spacial score (nSPS) is 11.2. The first kappa shape index (κ1) is 18.4. The van der Waals surface area contributed by atoms with Crippen molar-refractivity contribution < 1.29 is 18.7 Å². The number of ketones is 1. The largest absolute Gasteiger partial charge is 0.455 e. The number of Topliss-reactive ketones (excluding diaryl/α,β-unsaturated/α-hetero) is 1. The van der Waals surface area contributed by atoms with Crippen molar-refractivity contribution in [2.45, 2.75) is 6.92 Å². The van der Waals surface area contributed by atoms with Crippen LogP contribution in [0.15, 0.2) is 77.4 Å². The molecule has 0 bridgehead atoms. The first-order valence-electron chi connectivity index (χ1n) is 9.08. The molecule has 0 spiro atoms. The fourth-order valence-electron chi connectivity index (χ4n) is 2.89. The van der Waals surface area contributed by atoms with Crippen molar-refractivity contribution in [3.63, 3.8) is 0 Å². The Bertz CT molecular complexity index is 1170. The number of esters is 1. The molecule has 0 atom stereocenters. The lowest BCUT2D eigenvalue weighted by atomic mass is 10.2. The van der Waals surface area contributed by atoms with Gasteiger partial charge >= 0.3 is 5.97 Å². The number of hydrogen-bond donors (Lipinski definition) is 0. The van der Waals surface area contributed by atoms with Gasteiger partial charge in [-0.05, 0) is 37.3 Å². The maximum absolute atomic E-state index is 11.9. The molecule has 0 aliphatic carbocycles. The van der Waals surface area contributed by atoms with Crippen LogP contribution in [0.2, 0.25) is 0 Å². The molecule has 2 aromatic heterocycles. The van der Waals surface area contributed by atoms with Crippen LogP contribution >= 0.6 is 0 Å². The minimum atomic E-state index is -0.594. The van der Waals surface area contributed by atoms with Crippen molar-refractivity contribution in [2.75, 3.05) is 6.61 Å². The predicted molar refractivity (Wildman–Crippen MR) is 109 cm³/mol. The van der Waals surface area contributed by atoms with Crippen LogP contribution in [0.5, 0.6) is 0 Å². The number of nitrogens with zero attached hydrogens (tertiary/aromatic N) is 2. The van der Waals surface area contributed by atoms with Crippen molar-refractivity contribution in [1.29, 1.82) is 0 Å². The van der Waals surface area contributed by atoms with Gasteiger partial charge in [0.2, 0.25) is 0 Å². The molecule has 4 rings (SSSR count). The molecule has 0 fully saturated rings. The van der Waals surface area contributed by atoms with E-state index < -0.39 is 5.97 Å². The molecule has 0 saturated carbocycles. The third kappa shape index (κ3) is 4.16. The number of furan rings is 1. The summed E-state index contributed by atoms with van der Waals surface area (Å²) in [5.41, 5.74) is 2.92. The van der Waals surface area contributed by atoms with Crippen molar-refractivity contribution >= 4 is 28.8 Å². The van der Waals surface area contributed by atoms with E-state index in [1.165, 1.54) is 13.0 Å². The third-order valence-electron chi connectivity index (χ3n) is 4.24. The number of benzene rings is 2.